The lowest BCUT2D eigenvalue weighted by molar-refractivity contribution is 0.480. The van der Waals surface area contributed by atoms with E-state index in [-0.39, 0.29) is 4.99 Å². The van der Waals surface area contributed by atoms with Crippen LogP contribution in [0.2, 0.25) is 10.0 Å². The van der Waals surface area contributed by atoms with Crippen molar-refractivity contribution in [1.29, 1.82) is 0 Å². The molecule has 20 heavy (non-hydrogen) atoms. The predicted molar refractivity (Wildman–Crippen MR) is 90.6 cm³/mol. The summed E-state index contributed by atoms with van der Waals surface area (Å²) in [6.07, 6.45) is 1.95. The highest BCUT2D eigenvalue weighted by molar-refractivity contribution is 7.98. The second kappa shape index (κ2) is 6.68. The van der Waals surface area contributed by atoms with Gasteiger partial charge < -0.3 is 10.5 Å². The average Bonchev–Trinajstić information content (AvgIpc) is 2.41. The van der Waals surface area contributed by atoms with Gasteiger partial charge in [0.2, 0.25) is 0 Å². The Morgan fingerprint density at radius 1 is 1.20 bits per heavy atom. The number of halogens is 2. The monoisotopic (exact) mass is 343 g/mol. The van der Waals surface area contributed by atoms with Crippen LogP contribution in [0, 0.1) is 0 Å². The number of thioether (sulfide) groups is 1. The summed E-state index contributed by atoms with van der Waals surface area (Å²) in [6, 6.07) is 10.7. The molecule has 0 heterocycles. The number of hydrogen-bond donors (Lipinski definition) is 1. The number of rotatable bonds is 4. The third kappa shape index (κ3) is 3.38. The number of hydrogen-bond acceptors (Lipinski definition) is 3. The minimum Gasteiger partial charge on any atom is -0.455 e. The molecule has 2 N–H and O–H groups in total. The Morgan fingerprint density at radius 2 is 1.95 bits per heavy atom. The van der Waals surface area contributed by atoms with Gasteiger partial charge in [-0.25, -0.2) is 0 Å². The molecule has 0 saturated carbocycles. The molecule has 0 fully saturated rings. The zero-order valence-electron chi connectivity index (χ0n) is 10.5. The second-order valence-corrected chi connectivity index (χ2v) is 6.01. The summed E-state index contributed by atoms with van der Waals surface area (Å²) in [4.78, 5) is 1.25. The molecule has 0 aromatic heterocycles. The highest BCUT2D eigenvalue weighted by atomic mass is 35.5. The molecule has 0 spiro atoms. The topological polar surface area (TPSA) is 35.2 Å². The maximum absolute atomic E-state index is 6.11. The Hall–Kier alpha value is -0.940. The molecule has 0 unspecified atom stereocenters. The van der Waals surface area contributed by atoms with Crippen molar-refractivity contribution in [3.63, 3.8) is 0 Å². The van der Waals surface area contributed by atoms with Crippen molar-refractivity contribution in [2.24, 2.45) is 5.73 Å². The van der Waals surface area contributed by atoms with Gasteiger partial charge in [-0.1, -0.05) is 41.5 Å². The van der Waals surface area contributed by atoms with Crippen LogP contribution in [0.3, 0.4) is 0 Å². The van der Waals surface area contributed by atoms with Gasteiger partial charge in [0.1, 0.15) is 16.5 Å². The van der Waals surface area contributed by atoms with Gasteiger partial charge in [-0.2, -0.15) is 0 Å². The van der Waals surface area contributed by atoms with Crippen LogP contribution in [-0.2, 0) is 0 Å². The van der Waals surface area contributed by atoms with Crippen LogP contribution in [0.1, 0.15) is 5.56 Å². The SMILES string of the molecule is CSc1cccc(Oc2ccc(Cl)cc2Cl)c1C(N)=S. The van der Waals surface area contributed by atoms with Crippen LogP contribution in [0.4, 0.5) is 0 Å². The van der Waals surface area contributed by atoms with E-state index in [1.165, 1.54) is 0 Å². The number of benzene rings is 2. The minimum atomic E-state index is 0.287. The molecule has 0 atom stereocenters. The van der Waals surface area contributed by atoms with E-state index in [2.05, 4.69) is 0 Å². The first-order chi connectivity index (χ1) is 9.52. The van der Waals surface area contributed by atoms with E-state index in [1.807, 2.05) is 18.4 Å². The fourth-order valence-electron chi connectivity index (χ4n) is 1.69. The Morgan fingerprint density at radius 3 is 2.55 bits per heavy atom. The van der Waals surface area contributed by atoms with Crippen molar-refractivity contribution in [2.75, 3.05) is 6.26 Å². The first-order valence-corrected chi connectivity index (χ1v) is 8.01. The first kappa shape index (κ1) is 15.4. The second-order valence-electron chi connectivity index (χ2n) is 3.87. The van der Waals surface area contributed by atoms with Gasteiger partial charge in [0, 0.05) is 9.92 Å². The maximum atomic E-state index is 6.11. The molecular weight excluding hydrogens is 333 g/mol. The molecule has 104 valence electrons. The van der Waals surface area contributed by atoms with Crippen LogP contribution in [0.25, 0.3) is 0 Å². The molecule has 2 aromatic rings. The van der Waals surface area contributed by atoms with Crippen LogP contribution in [0.15, 0.2) is 41.3 Å². The van der Waals surface area contributed by atoms with E-state index in [4.69, 9.17) is 45.9 Å². The molecule has 2 nitrogen and oxygen atoms in total. The van der Waals surface area contributed by atoms with E-state index in [0.717, 1.165) is 4.90 Å². The van der Waals surface area contributed by atoms with Gasteiger partial charge in [0.05, 0.1) is 10.6 Å². The van der Waals surface area contributed by atoms with E-state index in [1.54, 1.807) is 36.0 Å². The van der Waals surface area contributed by atoms with E-state index < -0.39 is 0 Å². The molecule has 6 heteroatoms. The third-order valence-corrected chi connectivity index (χ3v) is 4.08. The molecule has 0 aliphatic heterocycles. The van der Waals surface area contributed by atoms with E-state index >= 15 is 0 Å². The van der Waals surface area contributed by atoms with Crippen molar-refractivity contribution in [1.82, 2.24) is 0 Å². The van der Waals surface area contributed by atoms with Gasteiger partial charge in [0.15, 0.2) is 0 Å². The van der Waals surface area contributed by atoms with Crippen molar-refractivity contribution in [2.45, 2.75) is 4.90 Å². The molecule has 0 bridgehead atoms. The van der Waals surface area contributed by atoms with Gasteiger partial charge in [-0.05, 0) is 36.6 Å². The Kier molecular flexibility index (Phi) is 5.16. The molecular formula is C14H11Cl2NOS2. The quantitative estimate of drug-likeness (QED) is 0.615. The molecule has 0 radical (unpaired) electrons. The highest BCUT2D eigenvalue weighted by Gasteiger charge is 2.14. The molecule has 0 aliphatic rings. The Labute approximate surface area is 137 Å². The average molecular weight is 344 g/mol. The summed E-state index contributed by atoms with van der Waals surface area (Å²) in [6.45, 7) is 0. The van der Waals surface area contributed by atoms with Crippen molar-refractivity contribution >= 4 is 52.2 Å². The van der Waals surface area contributed by atoms with Gasteiger partial charge >= 0.3 is 0 Å². The lowest BCUT2D eigenvalue weighted by atomic mass is 10.2. The summed E-state index contributed by atoms with van der Waals surface area (Å²) in [7, 11) is 0. The van der Waals surface area contributed by atoms with Gasteiger partial charge in [-0.15, -0.1) is 11.8 Å². The standard InChI is InChI=1S/C14H11Cl2NOS2/c1-20-12-4-2-3-11(13(12)14(17)19)18-10-6-5-8(15)7-9(10)16/h2-7H,1H3,(H2,17,19). The van der Waals surface area contributed by atoms with Crippen molar-refractivity contribution in [3.05, 3.63) is 52.0 Å². The molecule has 0 amide bonds. The summed E-state index contributed by atoms with van der Waals surface area (Å²) in [5.41, 5.74) is 6.50. The largest absolute Gasteiger partial charge is 0.455 e. The number of thiocarbonyl (C=S) groups is 1. The molecule has 2 aromatic carbocycles. The highest BCUT2D eigenvalue weighted by Crippen LogP contribution is 2.35. The summed E-state index contributed by atoms with van der Waals surface area (Å²) in [5, 5.41) is 0.982. The lowest BCUT2D eigenvalue weighted by Crippen LogP contribution is -2.12. The first-order valence-electron chi connectivity index (χ1n) is 5.62. The van der Waals surface area contributed by atoms with E-state index in [9.17, 15) is 0 Å². The van der Waals surface area contributed by atoms with Crippen LogP contribution >= 0.6 is 47.2 Å². The third-order valence-electron chi connectivity index (χ3n) is 2.57. The Bertz CT molecular complexity index is 662. The summed E-state index contributed by atoms with van der Waals surface area (Å²) < 4.78 is 5.83. The fraction of sp³-hybridized carbons (Fsp3) is 0.0714. The van der Waals surface area contributed by atoms with Crippen LogP contribution in [-0.4, -0.2) is 11.2 Å². The Balaban J connectivity index is 2.45. The molecule has 2 rings (SSSR count). The van der Waals surface area contributed by atoms with Crippen LogP contribution < -0.4 is 10.5 Å². The summed E-state index contributed by atoms with van der Waals surface area (Å²) in [5.74, 6) is 1.08. The number of nitrogens with two attached hydrogens (primary N) is 1. The zero-order valence-corrected chi connectivity index (χ0v) is 13.7. The van der Waals surface area contributed by atoms with Crippen molar-refractivity contribution < 1.29 is 4.74 Å². The lowest BCUT2D eigenvalue weighted by Gasteiger charge is -2.14. The van der Waals surface area contributed by atoms with E-state index in [0.29, 0.717) is 27.1 Å². The molecule has 0 saturated heterocycles. The summed E-state index contributed by atoms with van der Waals surface area (Å²) >= 11 is 18.6. The zero-order chi connectivity index (χ0) is 14.7. The fourth-order valence-corrected chi connectivity index (χ4v) is 3.04. The smallest absolute Gasteiger partial charge is 0.146 e. The van der Waals surface area contributed by atoms with Gasteiger partial charge in [-0.3, -0.25) is 0 Å². The van der Waals surface area contributed by atoms with Gasteiger partial charge in [0.25, 0.3) is 0 Å². The maximum Gasteiger partial charge on any atom is 0.146 e. The normalized spacial score (nSPS) is 10.3. The minimum absolute atomic E-state index is 0.287. The van der Waals surface area contributed by atoms with Crippen molar-refractivity contribution in [3.8, 4) is 11.5 Å². The predicted octanol–water partition coefficient (Wildman–Crippen LogP) is 5.14. The molecule has 0 aliphatic carbocycles. The van der Waals surface area contributed by atoms with Crippen LogP contribution in [0.5, 0.6) is 11.5 Å². The number of ether oxygens (including phenoxy) is 1.